The first-order valence-electron chi connectivity index (χ1n) is 4.72. The number of H-pyrrole nitrogens is 1. The number of halogens is 1. The van der Waals surface area contributed by atoms with Crippen molar-refractivity contribution in [1.82, 2.24) is 10.2 Å². The Kier molecular flexibility index (Phi) is 3.08. The molecule has 72 valence electrons. The van der Waals surface area contributed by atoms with E-state index in [-0.39, 0.29) is 0 Å². The van der Waals surface area contributed by atoms with E-state index in [4.69, 9.17) is 4.74 Å². The van der Waals surface area contributed by atoms with Gasteiger partial charge in [-0.3, -0.25) is 5.10 Å². The van der Waals surface area contributed by atoms with Gasteiger partial charge in [-0.1, -0.05) is 6.42 Å². The molecule has 0 aliphatic heterocycles. The van der Waals surface area contributed by atoms with Gasteiger partial charge in [0, 0.05) is 0 Å². The van der Waals surface area contributed by atoms with E-state index in [1.807, 2.05) is 6.20 Å². The summed E-state index contributed by atoms with van der Waals surface area (Å²) in [6, 6.07) is 0. The molecule has 3 nitrogen and oxygen atoms in total. The summed E-state index contributed by atoms with van der Waals surface area (Å²) >= 11 is 2.18. The summed E-state index contributed by atoms with van der Waals surface area (Å²) < 4.78 is 6.76. The van der Waals surface area contributed by atoms with Crippen LogP contribution >= 0.6 is 22.6 Å². The Morgan fingerprint density at radius 2 is 2.15 bits per heavy atom. The lowest BCUT2D eigenvalue weighted by Gasteiger charge is -2.22. The molecule has 4 heteroatoms. The smallest absolute Gasteiger partial charge is 0.170 e. The summed E-state index contributed by atoms with van der Waals surface area (Å²) in [5.41, 5.74) is 0. The number of hydrogen-bond donors (Lipinski definition) is 1. The molecule has 2 rings (SSSR count). The molecule has 0 unspecified atom stereocenters. The Morgan fingerprint density at radius 1 is 1.38 bits per heavy atom. The van der Waals surface area contributed by atoms with Crippen molar-refractivity contribution in [2.45, 2.75) is 38.2 Å². The van der Waals surface area contributed by atoms with Gasteiger partial charge in [0.2, 0.25) is 0 Å². The van der Waals surface area contributed by atoms with Crippen LogP contribution in [0.4, 0.5) is 0 Å². The SMILES string of the molecule is Ic1n[nH]cc1OC1CCCCC1. The van der Waals surface area contributed by atoms with Crippen molar-refractivity contribution in [3.05, 3.63) is 9.90 Å². The van der Waals surface area contributed by atoms with Crippen LogP contribution in [-0.4, -0.2) is 16.3 Å². The maximum absolute atomic E-state index is 5.82. The van der Waals surface area contributed by atoms with Gasteiger partial charge in [-0.15, -0.1) is 0 Å². The van der Waals surface area contributed by atoms with E-state index in [2.05, 4.69) is 32.8 Å². The number of nitrogens with zero attached hydrogens (tertiary/aromatic N) is 1. The van der Waals surface area contributed by atoms with Crippen molar-refractivity contribution >= 4 is 22.6 Å². The van der Waals surface area contributed by atoms with E-state index >= 15 is 0 Å². The molecule has 0 aromatic carbocycles. The van der Waals surface area contributed by atoms with Gasteiger partial charge in [-0.2, -0.15) is 5.10 Å². The van der Waals surface area contributed by atoms with Crippen LogP contribution in [0, 0.1) is 3.70 Å². The second kappa shape index (κ2) is 4.30. The lowest BCUT2D eigenvalue weighted by molar-refractivity contribution is 0.154. The highest BCUT2D eigenvalue weighted by molar-refractivity contribution is 14.1. The van der Waals surface area contributed by atoms with E-state index < -0.39 is 0 Å². The molecule has 13 heavy (non-hydrogen) atoms. The third-order valence-electron chi connectivity index (χ3n) is 2.41. The summed E-state index contributed by atoms with van der Waals surface area (Å²) in [7, 11) is 0. The van der Waals surface area contributed by atoms with Crippen molar-refractivity contribution in [3.63, 3.8) is 0 Å². The molecule has 0 amide bonds. The van der Waals surface area contributed by atoms with E-state index in [1.165, 1.54) is 32.1 Å². The quantitative estimate of drug-likeness (QED) is 0.851. The van der Waals surface area contributed by atoms with Gasteiger partial charge in [0.05, 0.1) is 12.3 Å². The van der Waals surface area contributed by atoms with Crippen LogP contribution < -0.4 is 4.74 Å². The molecular weight excluding hydrogens is 279 g/mol. The molecule has 1 aromatic heterocycles. The zero-order valence-electron chi connectivity index (χ0n) is 7.42. The summed E-state index contributed by atoms with van der Waals surface area (Å²) in [5.74, 6) is 0.910. The molecule has 1 heterocycles. The van der Waals surface area contributed by atoms with Crippen molar-refractivity contribution < 1.29 is 4.74 Å². The molecule has 1 N–H and O–H groups in total. The maximum Gasteiger partial charge on any atom is 0.170 e. The van der Waals surface area contributed by atoms with Gasteiger partial charge in [0.1, 0.15) is 0 Å². The highest BCUT2D eigenvalue weighted by Crippen LogP contribution is 2.25. The van der Waals surface area contributed by atoms with Gasteiger partial charge in [0.15, 0.2) is 9.45 Å². The fraction of sp³-hybridized carbons (Fsp3) is 0.667. The van der Waals surface area contributed by atoms with Gasteiger partial charge in [-0.05, 0) is 48.3 Å². The van der Waals surface area contributed by atoms with Crippen LogP contribution in [0.3, 0.4) is 0 Å². The van der Waals surface area contributed by atoms with E-state index in [0.717, 1.165) is 9.45 Å². The van der Waals surface area contributed by atoms with Crippen LogP contribution in [0.5, 0.6) is 5.75 Å². The summed E-state index contributed by atoms with van der Waals surface area (Å²) in [4.78, 5) is 0. The number of hydrogen-bond acceptors (Lipinski definition) is 2. The largest absolute Gasteiger partial charge is 0.486 e. The number of rotatable bonds is 2. The second-order valence-corrected chi connectivity index (χ2v) is 4.44. The topological polar surface area (TPSA) is 37.9 Å². The van der Waals surface area contributed by atoms with E-state index in [9.17, 15) is 0 Å². The standard InChI is InChI=1S/C9H13IN2O/c10-9-8(6-11-12-9)13-7-4-2-1-3-5-7/h6-7H,1-5H2,(H,11,12). The minimum absolute atomic E-state index is 0.417. The molecule has 1 aromatic rings. The molecule has 0 atom stereocenters. The summed E-state index contributed by atoms with van der Waals surface area (Å²) in [6.07, 6.45) is 8.61. The number of nitrogens with one attached hydrogen (secondary N) is 1. The number of ether oxygens (including phenoxy) is 1. The van der Waals surface area contributed by atoms with Gasteiger partial charge in [0.25, 0.3) is 0 Å². The lowest BCUT2D eigenvalue weighted by Crippen LogP contribution is -2.19. The third-order valence-corrected chi connectivity index (χ3v) is 3.18. The highest BCUT2D eigenvalue weighted by Gasteiger charge is 2.16. The zero-order chi connectivity index (χ0) is 9.10. The Labute approximate surface area is 91.4 Å². The Morgan fingerprint density at radius 3 is 2.77 bits per heavy atom. The Bertz CT molecular complexity index is 268. The first kappa shape index (κ1) is 9.30. The van der Waals surface area contributed by atoms with Crippen LogP contribution in [0.15, 0.2) is 6.20 Å². The zero-order valence-corrected chi connectivity index (χ0v) is 9.58. The second-order valence-electron chi connectivity index (χ2n) is 3.42. The fourth-order valence-electron chi connectivity index (χ4n) is 1.71. The minimum atomic E-state index is 0.417. The number of aromatic nitrogens is 2. The first-order chi connectivity index (χ1) is 6.36. The van der Waals surface area contributed by atoms with Crippen LogP contribution in [-0.2, 0) is 0 Å². The maximum atomic E-state index is 5.82. The van der Waals surface area contributed by atoms with Crippen molar-refractivity contribution in [2.24, 2.45) is 0 Å². The summed E-state index contributed by atoms with van der Waals surface area (Å²) in [5, 5.41) is 6.82. The third kappa shape index (κ3) is 2.36. The van der Waals surface area contributed by atoms with Crippen molar-refractivity contribution in [3.8, 4) is 5.75 Å². The molecule has 1 aliphatic rings. The van der Waals surface area contributed by atoms with E-state index in [0.29, 0.717) is 6.10 Å². The molecule has 1 fully saturated rings. The molecule has 0 bridgehead atoms. The molecule has 1 aliphatic carbocycles. The van der Waals surface area contributed by atoms with Crippen molar-refractivity contribution in [1.29, 1.82) is 0 Å². The average Bonchev–Trinajstić information content (AvgIpc) is 2.54. The molecule has 0 radical (unpaired) electrons. The lowest BCUT2D eigenvalue weighted by atomic mass is 9.98. The average molecular weight is 292 g/mol. The Hall–Kier alpha value is -0.260. The van der Waals surface area contributed by atoms with E-state index in [1.54, 1.807) is 0 Å². The highest BCUT2D eigenvalue weighted by atomic mass is 127. The molecule has 0 saturated heterocycles. The van der Waals surface area contributed by atoms with Crippen LogP contribution in [0.1, 0.15) is 32.1 Å². The van der Waals surface area contributed by atoms with Crippen LogP contribution in [0.2, 0.25) is 0 Å². The monoisotopic (exact) mass is 292 g/mol. The number of aromatic amines is 1. The molecule has 1 saturated carbocycles. The van der Waals surface area contributed by atoms with Crippen molar-refractivity contribution in [2.75, 3.05) is 0 Å². The predicted molar refractivity (Wildman–Crippen MR) is 58.8 cm³/mol. The van der Waals surface area contributed by atoms with Gasteiger partial charge < -0.3 is 4.74 Å². The fourth-order valence-corrected chi connectivity index (χ4v) is 2.13. The Balaban J connectivity index is 1.93. The van der Waals surface area contributed by atoms with Crippen LogP contribution in [0.25, 0.3) is 0 Å². The normalized spacial score (nSPS) is 18.8. The minimum Gasteiger partial charge on any atom is -0.486 e. The predicted octanol–water partition coefficient (Wildman–Crippen LogP) is 2.73. The molecule has 0 spiro atoms. The summed E-state index contributed by atoms with van der Waals surface area (Å²) in [6.45, 7) is 0. The molecular formula is C9H13IN2O. The van der Waals surface area contributed by atoms with Gasteiger partial charge >= 0.3 is 0 Å². The van der Waals surface area contributed by atoms with Gasteiger partial charge in [-0.25, -0.2) is 0 Å². The first-order valence-corrected chi connectivity index (χ1v) is 5.80.